The van der Waals surface area contributed by atoms with Crippen molar-refractivity contribution in [3.8, 4) is 22.5 Å². The second-order valence-corrected chi connectivity index (χ2v) is 13.9. The number of fused-ring (bicyclic) bond motifs is 13. The summed E-state index contributed by atoms with van der Waals surface area (Å²) in [5, 5.41) is 8.84. The maximum atomic E-state index is 8.10. The molecule has 0 radical (unpaired) electrons. The molecule has 4 aromatic heterocycles. The zero-order chi connectivity index (χ0) is 35.5. The zero-order valence-corrected chi connectivity index (χ0v) is 28.7. The maximum absolute atomic E-state index is 8.10. The highest BCUT2D eigenvalue weighted by atomic mass is 16.3. The number of nitrogens with zero attached hydrogens (tertiary/aromatic N) is 3. The van der Waals surface area contributed by atoms with E-state index in [0.29, 0.717) is 5.69 Å². The Morgan fingerprint density at radius 3 is 1.80 bits per heavy atom. The van der Waals surface area contributed by atoms with Crippen LogP contribution >= 0.6 is 0 Å². The molecule has 0 saturated heterocycles. The van der Waals surface area contributed by atoms with Gasteiger partial charge in [-0.25, -0.2) is 4.85 Å². The Balaban J connectivity index is 1.20. The van der Waals surface area contributed by atoms with Crippen LogP contribution in [0.2, 0.25) is 0 Å². The van der Waals surface area contributed by atoms with Gasteiger partial charge in [-0.2, -0.15) is 0 Å². The van der Waals surface area contributed by atoms with Gasteiger partial charge in [0.1, 0.15) is 16.7 Å². The molecule has 0 saturated carbocycles. The van der Waals surface area contributed by atoms with Gasteiger partial charge in [0, 0.05) is 59.9 Å². The number of furan rings is 2. The Labute approximate surface area is 307 Å². The zero-order valence-electron chi connectivity index (χ0n) is 28.7. The Morgan fingerprint density at radius 1 is 0.389 bits per heavy atom. The number of aromatic nitrogens is 2. The quantitative estimate of drug-likeness (QED) is 0.173. The number of benzene rings is 8. The summed E-state index contributed by atoms with van der Waals surface area (Å²) >= 11 is 0. The third-order valence-corrected chi connectivity index (χ3v) is 11.1. The molecule has 0 spiro atoms. The fraction of sp³-hybridized carbons (Fsp3) is 0. The molecule has 250 valence electrons. The van der Waals surface area contributed by atoms with Crippen molar-refractivity contribution in [2.45, 2.75) is 0 Å². The smallest absolute Gasteiger partial charge is 0.189 e. The minimum absolute atomic E-state index is 0.569. The molecule has 5 nitrogen and oxygen atoms in total. The van der Waals surface area contributed by atoms with Crippen LogP contribution in [0.4, 0.5) is 5.69 Å². The molecule has 0 amide bonds. The molecule has 4 heterocycles. The molecule has 0 aliphatic heterocycles. The van der Waals surface area contributed by atoms with E-state index in [0.717, 1.165) is 110 Å². The van der Waals surface area contributed by atoms with E-state index in [1.165, 1.54) is 0 Å². The Bertz CT molecular complexity index is 3590. The SMILES string of the molecule is [C-]#[N+]c1ccc(-c2ccccc2-n2c3ccccc3c3cc4oc5ccccc5c4cc32)c(-n2c3ccccc3c3ccc4c5ccccc5oc4c32)c1. The first-order valence-corrected chi connectivity index (χ1v) is 18.0. The highest BCUT2D eigenvalue weighted by Crippen LogP contribution is 2.45. The second-order valence-electron chi connectivity index (χ2n) is 13.9. The van der Waals surface area contributed by atoms with E-state index in [-0.39, 0.29) is 0 Å². The largest absolute Gasteiger partial charge is 0.456 e. The van der Waals surface area contributed by atoms with Gasteiger partial charge in [0.2, 0.25) is 0 Å². The lowest BCUT2D eigenvalue weighted by atomic mass is 10.00. The Hall–Kier alpha value is -7.55. The van der Waals surface area contributed by atoms with Crippen molar-refractivity contribution in [3.63, 3.8) is 0 Å². The molecular formula is C49H27N3O2. The van der Waals surface area contributed by atoms with Crippen LogP contribution in [0.5, 0.6) is 0 Å². The first-order valence-electron chi connectivity index (χ1n) is 18.0. The van der Waals surface area contributed by atoms with E-state index in [2.05, 4.69) is 141 Å². The average Bonchev–Trinajstić information content (AvgIpc) is 3.97. The van der Waals surface area contributed by atoms with Gasteiger partial charge >= 0.3 is 0 Å². The summed E-state index contributed by atoms with van der Waals surface area (Å²) in [7, 11) is 0. The Morgan fingerprint density at radius 2 is 1.00 bits per heavy atom. The van der Waals surface area contributed by atoms with Crippen molar-refractivity contribution in [3.05, 3.63) is 175 Å². The molecule has 0 unspecified atom stereocenters. The summed E-state index contributed by atoms with van der Waals surface area (Å²) in [6.07, 6.45) is 0. The van der Waals surface area contributed by atoms with Crippen molar-refractivity contribution < 1.29 is 8.83 Å². The minimum atomic E-state index is 0.569. The van der Waals surface area contributed by atoms with Gasteiger partial charge in [-0.3, -0.25) is 0 Å². The summed E-state index contributed by atoms with van der Waals surface area (Å²) in [6, 6.07) is 57.1. The molecule has 0 aliphatic rings. The van der Waals surface area contributed by atoms with Gasteiger partial charge in [-0.15, -0.1) is 0 Å². The van der Waals surface area contributed by atoms with Crippen LogP contribution in [0, 0.1) is 6.57 Å². The second kappa shape index (κ2) is 10.7. The van der Waals surface area contributed by atoms with Crippen molar-refractivity contribution in [2.75, 3.05) is 0 Å². The predicted molar refractivity (Wildman–Crippen MR) is 221 cm³/mol. The molecule has 12 rings (SSSR count). The van der Waals surface area contributed by atoms with Crippen LogP contribution < -0.4 is 0 Å². The van der Waals surface area contributed by atoms with E-state index < -0.39 is 0 Å². The van der Waals surface area contributed by atoms with Crippen LogP contribution in [0.25, 0.3) is 115 Å². The van der Waals surface area contributed by atoms with E-state index >= 15 is 0 Å². The first kappa shape index (κ1) is 29.1. The fourth-order valence-electron chi connectivity index (χ4n) is 8.83. The van der Waals surface area contributed by atoms with Crippen LogP contribution in [-0.4, -0.2) is 9.13 Å². The predicted octanol–water partition coefficient (Wildman–Crippen LogP) is 13.9. The van der Waals surface area contributed by atoms with Gasteiger partial charge in [0.25, 0.3) is 0 Å². The van der Waals surface area contributed by atoms with Crippen molar-refractivity contribution in [1.82, 2.24) is 9.13 Å². The summed E-state index contributed by atoms with van der Waals surface area (Å²) in [5.41, 5.74) is 12.3. The standard InChI is InChI=1S/C49H27N3O2/c1-50-29-22-23-33(43(26-29)52-42-19-9-3-13-31(42)36-24-25-37-34-15-5-11-21-46(34)54-49(37)48(36)52)30-12-2-7-17-40(30)51-41-18-8-4-14-32(41)38-28-47-39(27-44(38)51)35-16-6-10-20-45(35)53-47/h2-28H. The molecule has 54 heavy (non-hydrogen) atoms. The van der Waals surface area contributed by atoms with Crippen LogP contribution in [-0.2, 0) is 0 Å². The monoisotopic (exact) mass is 689 g/mol. The third kappa shape index (κ3) is 3.86. The Kier molecular flexibility index (Phi) is 5.78. The maximum Gasteiger partial charge on any atom is 0.189 e. The fourth-order valence-corrected chi connectivity index (χ4v) is 8.83. The number of para-hydroxylation sites is 5. The number of hydrogen-bond donors (Lipinski definition) is 0. The molecule has 0 aliphatic carbocycles. The molecule has 12 aromatic rings. The average molecular weight is 690 g/mol. The van der Waals surface area contributed by atoms with Crippen molar-refractivity contribution in [2.24, 2.45) is 0 Å². The molecule has 8 aromatic carbocycles. The molecule has 5 heteroatoms. The van der Waals surface area contributed by atoms with Crippen LogP contribution in [0.15, 0.2) is 173 Å². The van der Waals surface area contributed by atoms with Gasteiger partial charge in [-0.1, -0.05) is 109 Å². The van der Waals surface area contributed by atoms with Gasteiger partial charge in [0.15, 0.2) is 11.3 Å². The molecule has 0 atom stereocenters. The lowest BCUT2D eigenvalue weighted by Crippen LogP contribution is -2.01. The van der Waals surface area contributed by atoms with E-state index in [9.17, 15) is 0 Å². The van der Waals surface area contributed by atoms with Crippen molar-refractivity contribution >= 4 is 93.2 Å². The van der Waals surface area contributed by atoms with Crippen LogP contribution in [0.3, 0.4) is 0 Å². The highest BCUT2D eigenvalue weighted by molar-refractivity contribution is 6.22. The lowest BCUT2D eigenvalue weighted by Gasteiger charge is -2.19. The van der Waals surface area contributed by atoms with E-state index in [4.69, 9.17) is 15.4 Å². The molecular weight excluding hydrogens is 663 g/mol. The third-order valence-electron chi connectivity index (χ3n) is 11.1. The van der Waals surface area contributed by atoms with E-state index in [1.807, 2.05) is 36.4 Å². The summed E-state index contributed by atoms with van der Waals surface area (Å²) in [4.78, 5) is 3.94. The summed E-state index contributed by atoms with van der Waals surface area (Å²) in [6.45, 7) is 8.10. The van der Waals surface area contributed by atoms with Crippen molar-refractivity contribution in [1.29, 1.82) is 0 Å². The van der Waals surface area contributed by atoms with Gasteiger partial charge < -0.3 is 18.0 Å². The summed E-state index contributed by atoms with van der Waals surface area (Å²) < 4.78 is 17.8. The first-order chi connectivity index (χ1) is 26.7. The van der Waals surface area contributed by atoms with Gasteiger partial charge in [0.05, 0.1) is 34.3 Å². The topological polar surface area (TPSA) is 40.5 Å². The summed E-state index contributed by atoms with van der Waals surface area (Å²) in [5.74, 6) is 0. The van der Waals surface area contributed by atoms with Crippen LogP contribution in [0.1, 0.15) is 0 Å². The normalized spacial score (nSPS) is 12.1. The lowest BCUT2D eigenvalue weighted by molar-refractivity contribution is 0.669. The molecule has 0 N–H and O–H groups in total. The van der Waals surface area contributed by atoms with Gasteiger partial charge in [-0.05, 0) is 54.6 Å². The highest BCUT2D eigenvalue weighted by Gasteiger charge is 2.23. The number of hydrogen-bond acceptors (Lipinski definition) is 2. The molecule has 0 fully saturated rings. The minimum Gasteiger partial charge on any atom is -0.456 e. The molecule has 0 bridgehead atoms. The van der Waals surface area contributed by atoms with E-state index in [1.54, 1.807) is 0 Å². The number of rotatable bonds is 3.